The Kier molecular flexibility index (Phi) is 4.76. The summed E-state index contributed by atoms with van der Waals surface area (Å²) in [4.78, 5) is 33.6. The van der Waals surface area contributed by atoms with Gasteiger partial charge in [-0.25, -0.2) is 9.97 Å². The molecular weight excluding hydrogens is 362 g/mol. The molecule has 0 saturated heterocycles. The summed E-state index contributed by atoms with van der Waals surface area (Å²) in [7, 11) is 0. The second kappa shape index (κ2) is 7.51. The zero-order chi connectivity index (χ0) is 18.6. The Bertz CT molecular complexity index is 1150. The van der Waals surface area contributed by atoms with E-state index in [0.717, 1.165) is 15.4 Å². The Balaban J connectivity index is 1.45. The van der Waals surface area contributed by atoms with Gasteiger partial charge in [-0.15, -0.1) is 11.3 Å². The van der Waals surface area contributed by atoms with Gasteiger partial charge in [0.15, 0.2) is 0 Å². The van der Waals surface area contributed by atoms with Gasteiger partial charge in [-0.2, -0.15) is 0 Å². The van der Waals surface area contributed by atoms with Gasteiger partial charge in [0, 0.05) is 11.8 Å². The Hall–Kier alpha value is -3.32. The van der Waals surface area contributed by atoms with E-state index in [0.29, 0.717) is 11.0 Å². The predicted octanol–water partition coefficient (Wildman–Crippen LogP) is 3.26. The van der Waals surface area contributed by atoms with Gasteiger partial charge in [0.2, 0.25) is 0 Å². The van der Waals surface area contributed by atoms with Crippen molar-refractivity contribution in [3.63, 3.8) is 0 Å². The van der Waals surface area contributed by atoms with Crippen LogP contribution in [0.4, 0.5) is 0 Å². The molecule has 0 unspecified atom stereocenters. The highest BCUT2D eigenvalue weighted by atomic mass is 32.1. The molecule has 0 fully saturated rings. The number of carbonyl (C=O) groups is 1. The monoisotopic (exact) mass is 377 g/mol. The number of ether oxygens (including phenoxy) is 1. The number of carbonyl (C=O) groups excluding carboxylic acids is 1. The third-order valence-corrected chi connectivity index (χ3v) is 5.01. The fourth-order valence-corrected chi connectivity index (χ4v) is 3.52. The SMILES string of the molecule is O=C(Cn1c(=O)cnc2ccccc21)OCc1cnc(-c2ccccc2)s1. The van der Waals surface area contributed by atoms with Gasteiger partial charge >= 0.3 is 5.97 Å². The normalized spacial score (nSPS) is 10.8. The van der Waals surface area contributed by atoms with E-state index in [1.54, 1.807) is 24.4 Å². The summed E-state index contributed by atoms with van der Waals surface area (Å²) in [5, 5.41) is 0.873. The molecule has 27 heavy (non-hydrogen) atoms. The van der Waals surface area contributed by atoms with Crippen LogP contribution in [-0.4, -0.2) is 20.5 Å². The number of nitrogens with zero attached hydrogens (tertiary/aromatic N) is 3. The lowest BCUT2D eigenvalue weighted by atomic mass is 10.2. The molecule has 134 valence electrons. The van der Waals surface area contributed by atoms with Crippen LogP contribution in [0.3, 0.4) is 0 Å². The van der Waals surface area contributed by atoms with Crippen molar-refractivity contribution in [3.8, 4) is 10.6 Å². The Morgan fingerprint density at radius 3 is 2.63 bits per heavy atom. The summed E-state index contributed by atoms with van der Waals surface area (Å²) >= 11 is 1.47. The van der Waals surface area contributed by atoms with Crippen LogP contribution in [0.2, 0.25) is 0 Å². The maximum absolute atomic E-state index is 12.2. The summed E-state index contributed by atoms with van der Waals surface area (Å²) in [5.74, 6) is -0.483. The van der Waals surface area contributed by atoms with Crippen LogP contribution in [0.5, 0.6) is 0 Å². The molecule has 0 spiro atoms. The lowest BCUT2D eigenvalue weighted by Crippen LogP contribution is -2.25. The van der Waals surface area contributed by atoms with E-state index in [1.165, 1.54) is 22.1 Å². The molecule has 4 rings (SSSR count). The topological polar surface area (TPSA) is 74.1 Å². The summed E-state index contributed by atoms with van der Waals surface area (Å²) in [6.07, 6.45) is 2.92. The van der Waals surface area contributed by atoms with Crippen molar-refractivity contribution in [1.29, 1.82) is 0 Å². The Morgan fingerprint density at radius 2 is 1.78 bits per heavy atom. The van der Waals surface area contributed by atoms with E-state index in [-0.39, 0.29) is 18.7 Å². The number of aromatic nitrogens is 3. The lowest BCUT2D eigenvalue weighted by Gasteiger charge is -2.09. The van der Waals surface area contributed by atoms with Gasteiger partial charge in [-0.05, 0) is 12.1 Å². The van der Waals surface area contributed by atoms with Crippen molar-refractivity contribution < 1.29 is 9.53 Å². The van der Waals surface area contributed by atoms with Crippen LogP contribution < -0.4 is 5.56 Å². The summed E-state index contributed by atoms with van der Waals surface area (Å²) < 4.78 is 6.70. The molecule has 0 bridgehead atoms. The van der Waals surface area contributed by atoms with Crippen molar-refractivity contribution >= 4 is 28.3 Å². The fraction of sp³-hybridized carbons (Fsp3) is 0.100. The molecule has 0 saturated carbocycles. The number of rotatable bonds is 5. The molecule has 2 heterocycles. The highest BCUT2D eigenvalue weighted by molar-refractivity contribution is 7.15. The molecule has 0 aliphatic rings. The second-order valence-electron chi connectivity index (χ2n) is 5.83. The number of hydrogen-bond donors (Lipinski definition) is 0. The fourth-order valence-electron chi connectivity index (χ4n) is 2.69. The molecule has 0 atom stereocenters. The molecule has 4 aromatic rings. The van der Waals surface area contributed by atoms with Crippen molar-refractivity contribution in [1.82, 2.24) is 14.5 Å². The minimum absolute atomic E-state index is 0.126. The van der Waals surface area contributed by atoms with Gasteiger partial charge in [0.05, 0.1) is 22.1 Å². The van der Waals surface area contributed by atoms with E-state index in [4.69, 9.17) is 4.74 Å². The molecule has 6 nitrogen and oxygen atoms in total. The summed E-state index contributed by atoms with van der Waals surface area (Å²) in [6.45, 7) is -0.0344. The number of para-hydroxylation sites is 2. The number of hydrogen-bond acceptors (Lipinski definition) is 6. The third kappa shape index (κ3) is 3.78. The first-order valence-corrected chi connectivity index (χ1v) is 9.13. The van der Waals surface area contributed by atoms with Crippen molar-refractivity contribution in [3.05, 3.63) is 82.2 Å². The van der Waals surface area contributed by atoms with E-state index < -0.39 is 5.97 Å². The zero-order valence-electron chi connectivity index (χ0n) is 14.2. The van der Waals surface area contributed by atoms with E-state index in [1.807, 2.05) is 36.4 Å². The van der Waals surface area contributed by atoms with Crippen LogP contribution in [-0.2, 0) is 22.7 Å². The second-order valence-corrected chi connectivity index (χ2v) is 6.94. The summed E-state index contributed by atoms with van der Waals surface area (Å²) in [5.41, 5.74) is 1.94. The van der Waals surface area contributed by atoms with Gasteiger partial charge < -0.3 is 4.74 Å². The van der Waals surface area contributed by atoms with E-state index in [9.17, 15) is 9.59 Å². The molecule has 0 radical (unpaired) electrons. The molecular formula is C20H15N3O3S. The number of esters is 1. The number of benzene rings is 2. The largest absolute Gasteiger partial charge is 0.459 e. The maximum Gasteiger partial charge on any atom is 0.326 e. The lowest BCUT2D eigenvalue weighted by molar-refractivity contribution is -0.145. The molecule has 2 aromatic carbocycles. The Labute approximate surface area is 158 Å². The highest BCUT2D eigenvalue weighted by Gasteiger charge is 2.11. The van der Waals surface area contributed by atoms with Gasteiger partial charge in [-0.3, -0.25) is 14.2 Å². The first-order valence-electron chi connectivity index (χ1n) is 8.31. The molecule has 0 amide bonds. The van der Waals surface area contributed by atoms with E-state index >= 15 is 0 Å². The van der Waals surface area contributed by atoms with Gasteiger partial charge in [-0.1, -0.05) is 42.5 Å². The van der Waals surface area contributed by atoms with E-state index in [2.05, 4.69) is 9.97 Å². The highest BCUT2D eigenvalue weighted by Crippen LogP contribution is 2.25. The Morgan fingerprint density at radius 1 is 1.00 bits per heavy atom. The van der Waals surface area contributed by atoms with Crippen LogP contribution >= 0.6 is 11.3 Å². The number of fused-ring (bicyclic) bond motifs is 1. The average molecular weight is 377 g/mol. The minimum atomic E-state index is -0.483. The first kappa shape index (κ1) is 17.1. The quantitative estimate of drug-likeness (QED) is 0.499. The average Bonchev–Trinajstić information content (AvgIpc) is 3.18. The third-order valence-electron chi connectivity index (χ3n) is 3.99. The van der Waals surface area contributed by atoms with Crippen molar-refractivity contribution in [2.24, 2.45) is 0 Å². The standard InChI is InChI=1S/C20H15N3O3S/c24-18-11-21-16-8-4-5-9-17(16)23(18)12-19(25)26-13-15-10-22-20(27-15)14-6-2-1-3-7-14/h1-11H,12-13H2. The minimum Gasteiger partial charge on any atom is -0.459 e. The van der Waals surface area contributed by atoms with Crippen LogP contribution in [0, 0.1) is 0 Å². The molecule has 0 aliphatic carbocycles. The number of thiazole rings is 1. The van der Waals surface area contributed by atoms with Crippen LogP contribution in [0.1, 0.15) is 4.88 Å². The van der Waals surface area contributed by atoms with Crippen LogP contribution in [0.15, 0.2) is 71.8 Å². The maximum atomic E-state index is 12.2. The molecule has 0 N–H and O–H groups in total. The zero-order valence-corrected chi connectivity index (χ0v) is 15.1. The van der Waals surface area contributed by atoms with Crippen molar-refractivity contribution in [2.75, 3.05) is 0 Å². The smallest absolute Gasteiger partial charge is 0.326 e. The first-order chi connectivity index (χ1) is 13.2. The summed E-state index contributed by atoms with van der Waals surface area (Å²) in [6, 6.07) is 17.0. The molecule has 2 aromatic heterocycles. The predicted molar refractivity (Wildman–Crippen MR) is 103 cm³/mol. The van der Waals surface area contributed by atoms with Crippen LogP contribution in [0.25, 0.3) is 21.6 Å². The van der Waals surface area contributed by atoms with Crippen molar-refractivity contribution in [2.45, 2.75) is 13.2 Å². The molecule has 7 heteroatoms. The van der Waals surface area contributed by atoms with Gasteiger partial charge in [0.1, 0.15) is 18.2 Å². The molecule has 0 aliphatic heterocycles. The van der Waals surface area contributed by atoms with Gasteiger partial charge in [0.25, 0.3) is 5.56 Å².